The summed E-state index contributed by atoms with van der Waals surface area (Å²) in [6, 6.07) is 0. The van der Waals surface area contributed by atoms with E-state index < -0.39 is 0 Å². The third-order valence-corrected chi connectivity index (χ3v) is 2.33. The van der Waals surface area contributed by atoms with Gasteiger partial charge in [0.25, 0.3) is 0 Å². The third-order valence-electron chi connectivity index (χ3n) is 2.33. The first-order valence-electron chi connectivity index (χ1n) is 4.16. The van der Waals surface area contributed by atoms with E-state index in [1.54, 1.807) is 0 Å². The number of carbonyl (C=O) groups excluding carboxylic acids is 1. The molecule has 64 valence electrons. The molecule has 11 heavy (non-hydrogen) atoms. The molecule has 1 fully saturated rings. The Balaban J connectivity index is 2.75. The summed E-state index contributed by atoms with van der Waals surface area (Å²) in [5, 5.41) is 3.33. The van der Waals surface area contributed by atoms with Gasteiger partial charge in [-0.25, -0.2) is 0 Å². The average molecular weight is 155 g/mol. The molecule has 2 heteroatoms. The van der Waals surface area contributed by atoms with E-state index in [1.165, 1.54) is 0 Å². The fourth-order valence-electron chi connectivity index (χ4n) is 1.72. The number of ketones is 1. The summed E-state index contributed by atoms with van der Waals surface area (Å²) >= 11 is 0. The van der Waals surface area contributed by atoms with E-state index in [2.05, 4.69) is 19.2 Å². The Labute approximate surface area is 68.4 Å². The van der Waals surface area contributed by atoms with Gasteiger partial charge in [0.05, 0.1) is 5.54 Å². The topological polar surface area (TPSA) is 29.1 Å². The maximum atomic E-state index is 11.3. The van der Waals surface area contributed by atoms with Crippen LogP contribution < -0.4 is 5.32 Å². The Kier molecular flexibility index (Phi) is 1.83. The van der Waals surface area contributed by atoms with Gasteiger partial charge in [-0.05, 0) is 34.1 Å². The lowest BCUT2D eigenvalue weighted by atomic mass is 9.82. The summed E-state index contributed by atoms with van der Waals surface area (Å²) < 4.78 is 0. The quantitative estimate of drug-likeness (QED) is 0.574. The van der Waals surface area contributed by atoms with Crippen molar-refractivity contribution in [2.45, 2.75) is 51.6 Å². The molecule has 0 aromatic carbocycles. The normalized spacial score (nSPS) is 28.5. The van der Waals surface area contributed by atoms with Gasteiger partial charge >= 0.3 is 0 Å². The van der Waals surface area contributed by atoms with Crippen molar-refractivity contribution >= 4 is 5.78 Å². The fourth-order valence-corrected chi connectivity index (χ4v) is 1.72. The first-order valence-corrected chi connectivity index (χ1v) is 4.16. The molecular formula is C9H17NO. The SMILES string of the molecule is CC1(C)CCC(=O)C(C)(C)N1. The van der Waals surface area contributed by atoms with E-state index in [9.17, 15) is 4.79 Å². The number of nitrogens with one attached hydrogen (secondary N) is 1. The minimum absolute atomic E-state index is 0.122. The highest BCUT2D eigenvalue weighted by molar-refractivity contribution is 5.88. The van der Waals surface area contributed by atoms with Crippen LogP contribution in [0.1, 0.15) is 40.5 Å². The Morgan fingerprint density at radius 3 is 2.18 bits per heavy atom. The first kappa shape index (κ1) is 8.72. The number of hydrogen-bond donors (Lipinski definition) is 1. The molecule has 0 amide bonds. The molecule has 0 bridgehead atoms. The van der Waals surface area contributed by atoms with E-state index >= 15 is 0 Å². The number of Topliss-reactive ketones (excluding diaryl/α,β-unsaturated/α-hetero) is 1. The van der Waals surface area contributed by atoms with Crippen LogP contribution in [-0.4, -0.2) is 16.9 Å². The molecule has 1 heterocycles. The molecule has 0 aliphatic carbocycles. The van der Waals surface area contributed by atoms with Gasteiger partial charge in [0, 0.05) is 12.0 Å². The van der Waals surface area contributed by atoms with Crippen molar-refractivity contribution < 1.29 is 4.79 Å². The Hall–Kier alpha value is -0.370. The molecule has 1 aliphatic rings. The maximum absolute atomic E-state index is 11.3. The standard InChI is InChI=1S/C9H17NO/c1-8(2)6-5-7(11)9(3,4)10-8/h10H,5-6H2,1-4H3. The number of rotatable bonds is 0. The average Bonchev–Trinajstić information content (AvgIpc) is 1.77. The van der Waals surface area contributed by atoms with Crippen molar-refractivity contribution in [2.75, 3.05) is 0 Å². The lowest BCUT2D eigenvalue weighted by Crippen LogP contribution is -2.60. The lowest BCUT2D eigenvalue weighted by molar-refractivity contribution is -0.127. The fraction of sp³-hybridized carbons (Fsp3) is 0.889. The van der Waals surface area contributed by atoms with Gasteiger partial charge in [-0.15, -0.1) is 0 Å². The molecule has 0 unspecified atom stereocenters. The van der Waals surface area contributed by atoms with Crippen LogP contribution in [0.2, 0.25) is 0 Å². The van der Waals surface area contributed by atoms with E-state index in [-0.39, 0.29) is 11.1 Å². The predicted octanol–water partition coefficient (Wildman–Crippen LogP) is 1.50. The molecule has 0 aromatic rings. The summed E-state index contributed by atoms with van der Waals surface area (Å²) in [6.07, 6.45) is 1.67. The highest BCUT2D eigenvalue weighted by atomic mass is 16.1. The zero-order valence-corrected chi connectivity index (χ0v) is 7.82. The molecule has 2 nitrogen and oxygen atoms in total. The zero-order valence-electron chi connectivity index (χ0n) is 7.82. The molecule has 0 spiro atoms. The van der Waals surface area contributed by atoms with Crippen LogP contribution in [0, 0.1) is 0 Å². The Morgan fingerprint density at radius 2 is 1.82 bits per heavy atom. The van der Waals surface area contributed by atoms with Crippen molar-refractivity contribution in [3.63, 3.8) is 0 Å². The van der Waals surface area contributed by atoms with Crippen LogP contribution >= 0.6 is 0 Å². The summed E-state index contributed by atoms with van der Waals surface area (Å²) in [5.74, 6) is 0.330. The molecule has 1 N–H and O–H groups in total. The second-order valence-electron chi connectivity index (χ2n) is 4.56. The summed E-state index contributed by atoms with van der Waals surface area (Å²) in [5.41, 5.74) is -0.195. The molecule has 0 aromatic heterocycles. The summed E-state index contributed by atoms with van der Waals surface area (Å²) in [7, 11) is 0. The van der Waals surface area contributed by atoms with Gasteiger partial charge in [-0.1, -0.05) is 0 Å². The lowest BCUT2D eigenvalue weighted by Gasteiger charge is -2.41. The molecule has 1 rings (SSSR count). The van der Waals surface area contributed by atoms with Crippen LogP contribution in [-0.2, 0) is 4.79 Å². The maximum Gasteiger partial charge on any atom is 0.152 e. The van der Waals surface area contributed by atoms with Crippen molar-refractivity contribution in [1.82, 2.24) is 5.32 Å². The number of carbonyl (C=O) groups is 1. The predicted molar refractivity (Wildman–Crippen MR) is 45.5 cm³/mol. The first-order chi connectivity index (χ1) is 4.83. The van der Waals surface area contributed by atoms with Crippen molar-refractivity contribution in [1.29, 1.82) is 0 Å². The van der Waals surface area contributed by atoms with Crippen LogP contribution in [0.15, 0.2) is 0 Å². The summed E-state index contributed by atoms with van der Waals surface area (Å²) in [4.78, 5) is 11.3. The smallest absolute Gasteiger partial charge is 0.152 e. The van der Waals surface area contributed by atoms with E-state index in [0.29, 0.717) is 12.2 Å². The van der Waals surface area contributed by atoms with E-state index in [0.717, 1.165) is 6.42 Å². The van der Waals surface area contributed by atoms with Crippen molar-refractivity contribution in [3.05, 3.63) is 0 Å². The Bertz CT molecular complexity index is 182. The van der Waals surface area contributed by atoms with E-state index in [1.807, 2.05) is 13.8 Å². The van der Waals surface area contributed by atoms with Crippen LogP contribution in [0.25, 0.3) is 0 Å². The number of piperidine rings is 1. The minimum Gasteiger partial charge on any atom is -0.300 e. The van der Waals surface area contributed by atoms with Crippen molar-refractivity contribution in [2.24, 2.45) is 0 Å². The van der Waals surface area contributed by atoms with Gasteiger partial charge in [0.2, 0.25) is 0 Å². The van der Waals surface area contributed by atoms with Gasteiger partial charge < -0.3 is 5.32 Å². The minimum atomic E-state index is -0.318. The van der Waals surface area contributed by atoms with Gasteiger partial charge in [0.1, 0.15) is 0 Å². The van der Waals surface area contributed by atoms with Crippen LogP contribution in [0.3, 0.4) is 0 Å². The Morgan fingerprint density at radius 1 is 1.27 bits per heavy atom. The summed E-state index contributed by atoms with van der Waals surface area (Å²) in [6.45, 7) is 8.19. The highest BCUT2D eigenvalue weighted by Crippen LogP contribution is 2.24. The van der Waals surface area contributed by atoms with Gasteiger partial charge in [0.15, 0.2) is 5.78 Å². The molecule has 1 aliphatic heterocycles. The molecule has 0 atom stereocenters. The third kappa shape index (κ3) is 1.80. The zero-order chi connectivity index (χ0) is 8.70. The second kappa shape index (κ2) is 2.31. The molecule has 1 saturated heterocycles. The monoisotopic (exact) mass is 155 g/mol. The molecular weight excluding hydrogens is 138 g/mol. The van der Waals surface area contributed by atoms with Crippen LogP contribution in [0.5, 0.6) is 0 Å². The van der Waals surface area contributed by atoms with Crippen molar-refractivity contribution in [3.8, 4) is 0 Å². The van der Waals surface area contributed by atoms with E-state index in [4.69, 9.17) is 0 Å². The largest absolute Gasteiger partial charge is 0.300 e. The van der Waals surface area contributed by atoms with Gasteiger partial charge in [-0.3, -0.25) is 4.79 Å². The van der Waals surface area contributed by atoms with Gasteiger partial charge in [-0.2, -0.15) is 0 Å². The molecule has 0 saturated carbocycles. The number of hydrogen-bond acceptors (Lipinski definition) is 2. The second-order valence-corrected chi connectivity index (χ2v) is 4.56. The van der Waals surface area contributed by atoms with Crippen LogP contribution in [0.4, 0.5) is 0 Å². The highest BCUT2D eigenvalue weighted by Gasteiger charge is 2.38. The molecule has 0 radical (unpaired) electrons.